The first-order valence-corrected chi connectivity index (χ1v) is 13.4. The van der Waals surface area contributed by atoms with E-state index in [1.165, 1.54) is 41.8 Å². The summed E-state index contributed by atoms with van der Waals surface area (Å²) in [6.07, 6.45) is 0. The van der Waals surface area contributed by atoms with Gasteiger partial charge in [0.2, 0.25) is 5.78 Å². The van der Waals surface area contributed by atoms with Crippen molar-refractivity contribution in [2.24, 2.45) is 0 Å². The summed E-state index contributed by atoms with van der Waals surface area (Å²) < 4.78 is 17.4. The average Bonchev–Trinajstić information content (AvgIpc) is 3.55. The SMILES string of the molecule is CCOc1ccc2nc(N3C(=O)C(O)=C(C(=O)c4sc(C)nc4C)C3c3ccc(OC)cc3OC)sc2c1. The zero-order chi connectivity index (χ0) is 27.1. The molecular weight excluding hydrogens is 526 g/mol. The van der Waals surface area contributed by atoms with Gasteiger partial charge in [-0.25, -0.2) is 9.97 Å². The number of benzene rings is 2. The Morgan fingerprint density at radius 2 is 1.82 bits per heavy atom. The topological polar surface area (TPSA) is 111 Å². The van der Waals surface area contributed by atoms with Gasteiger partial charge in [0.05, 0.1) is 52.2 Å². The van der Waals surface area contributed by atoms with Crippen LogP contribution in [0.4, 0.5) is 5.13 Å². The molecule has 9 nitrogen and oxygen atoms in total. The Morgan fingerprint density at radius 3 is 2.47 bits per heavy atom. The molecule has 1 N–H and O–H groups in total. The molecule has 0 aliphatic carbocycles. The van der Waals surface area contributed by atoms with E-state index in [0.29, 0.717) is 55.6 Å². The van der Waals surface area contributed by atoms with E-state index in [-0.39, 0.29) is 5.57 Å². The molecule has 1 atom stereocenters. The number of ketones is 1. The van der Waals surface area contributed by atoms with Gasteiger partial charge in [-0.05, 0) is 51.1 Å². The minimum atomic E-state index is -0.996. The third kappa shape index (κ3) is 4.27. The number of anilines is 1. The number of fused-ring (bicyclic) bond motifs is 1. The number of amides is 1. The number of aliphatic hydroxyl groups is 1. The average molecular weight is 552 g/mol. The van der Waals surface area contributed by atoms with Crippen LogP contribution in [0.3, 0.4) is 0 Å². The number of aromatic nitrogens is 2. The highest BCUT2D eigenvalue weighted by Crippen LogP contribution is 2.47. The Morgan fingerprint density at radius 1 is 1.05 bits per heavy atom. The molecule has 5 rings (SSSR count). The molecule has 2 aromatic heterocycles. The molecule has 0 saturated carbocycles. The van der Waals surface area contributed by atoms with Crippen LogP contribution >= 0.6 is 22.7 Å². The number of thiazole rings is 2. The molecule has 1 aliphatic heterocycles. The van der Waals surface area contributed by atoms with Gasteiger partial charge in [0.25, 0.3) is 5.91 Å². The van der Waals surface area contributed by atoms with Crippen molar-refractivity contribution in [1.82, 2.24) is 9.97 Å². The normalized spacial score (nSPS) is 15.4. The minimum absolute atomic E-state index is 0.0560. The molecule has 0 spiro atoms. The van der Waals surface area contributed by atoms with Gasteiger partial charge in [0.1, 0.15) is 23.3 Å². The second-order valence-electron chi connectivity index (χ2n) is 8.48. The van der Waals surface area contributed by atoms with Crippen LogP contribution in [-0.2, 0) is 4.79 Å². The van der Waals surface area contributed by atoms with Crippen molar-refractivity contribution in [3.63, 3.8) is 0 Å². The molecule has 0 bridgehead atoms. The number of nitrogens with zero attached hydrogens (tertiary/aromatic N) is 3. The highest BCUT2D eigenvalue weighted by molar-refractivity contribution is 7.22. The zero-order valence-electron chi connectivity index (χ0n) is 21.4. The number of hydrogen-bond donors (Lipinski definition) is 1. The number of hydrogen-bond acceptors (Lipinski definition) is 10. The summed E-state index contributed by atoms with van der Waals surface area (Å²) in [5.74, 6) is -0.200. The lowest BCUT2D eigenvalue weighted by Crippen LogP contribution is -2.31. The van der Waals surface area contributed by atoms with Crippen molar-refractivity contribution >= 4 is 49.7 Å². The van der Waals surface area contributed by atoms with E-state index >= 15 is 0 Å². The first-order valence-electron chi connectivity index (χ1n) is 11.8. The largest absolute Gasteiger partial charge is 0.503 e. The molecule has 0 fully saturated rings. The van der Waals surface area contributed by atoms with Crippen molar-refractivity contribution in [3.8, 4) is 17.2 Å². The first kappa shape index (κ1) is 25.7. The van der Waals surface area contributed by atoms with E-state index < -0.39 is 23.5 Å². The molecule has 1 aliphatic rings. The maximum atomic E-state index is 13.9. The lowest BCUT2D eigenvalue weighted by molar-refractivity contribution is -0.117. The number of aryl methyl sites for hydroxylation is 2. The van der Waals surface area contributed by atoms with E-state index in [1.807, 2.05) is 25.1 Å². The van der Waals surface area contributed by atoms with Gasteiger partial charge in [0.15, 0.2) is 10.9 Å². The number of ether oxygens (including phenoxy) is 3. The zero-order valence-corrected chi connectivity index (χ0v) is 23.0. The predicted molar refractivity (Wildman–Crippen MR) is 146 cm³/mol. The summed E-state index contributed by atoms with van der Waals surface area (Å²) in [6.45, 7) is 5.95. The first-order chi connectivity index (χ1) is 18.3. The van der Waals surface area contributed by atoms with Crippen LogP contribution in [0.25, 0.3) is 10.2 Å². The van der Waals surface area contributed by atoms with Crippen LogP contribution in [0.2, 0.25) is 0 Å². The second kappa shape index (κ2) is 10.1. The van der Waals surface area contributed by atoms with Gasteiger partial charge in [-0.1, -0.05) is 11.3 Å². The van der Waals surface area contributed by atoms with Crippen molar-refractivity contribution in [2.75, 3.05) is 25.7 Å². The quantitative estimate of drug-likeness (QED) is 0.283. The number of methoxy groups -OCH3 is 2. The van der Waals surface area contributed by atoms with Gasteiger partial charge in [-0.3, -0.25) is 14.5 Å². The Kier molecular flexibility index (Phi) is 6.80. The van der Waals surface area contributed by atoms with Crippen molar-refractivity contribution in [1.29, 1.82) is 0 Å². The van der Waals surface area contributed by atoms with Gasteiger partial charge < -0.3 is 19.3 Å². The van der Waals surface area contributed by atoms with Crippen LogP contribution in [0, 0.1) is 13.8 Å². The molecule has 196 valence electrons. The molecule has 2 aromatic carbocycles. The summed E-state index contributed by atoms with van der Waals surface area (Å²) in [6, 6.07) is 9.59. The van der Waals surface area contributed by atoms with Gasteiger partial charge in [-0.2, -0.15) is 0 Å². The molecule has 11 heteroatoms. The van der Waals surface area contributed by atoms with Crippen LogP contribution < -0.4 is 19.1 Å². The third-order valence-corrected chi connectivity index (χ3v) is 8.25. The number of carbonyl (C=O) groups excluding carboxylic acids is 2. The summed E-state index contributed by atoms with van der Waals surface area (Å²) in [4.78, 5) is 38.3. The van der Waals surface area contributed by atoms with Gasteiger partial charge in [0, 0.05) is 11.6 Å². The summed E-state index contributed by atoms with van der Waals surface area (Å²) in [5.41, 5.74) is 1.64. The third-order valence-electron chi connectivity index (χ3n) is 6.16. The lowest BCUT2D eigenvalue weighted by Gasteiger charge is -2.26. The molecule has 4 aromatic rings. The molecule has 1 unspecified atom stereocenters. The van der Waals surface area contributed by atoms with E-state index in [0.717, 1.165) is 4.70 Å². The monoisotopic (exact) mass is 551 g/mol. The lowest BCUT2D eigenvalue weighted by atomic mass is 9.94. The maximum Gasteiger partial charge on any atom is 0.296 e. The fraction of sp³-hybridized carbons (Fsp3) is 0.259. The molecular formula is C27H25N3O6S2. The van der Waals surface area contributed by atoms with Crippen molar-refractivity contribution in [2.45, 2.75) is 26.8 Å². The summed E-state index contributed by atoms with van der Waals surface area (Å²) >= 11 is 2.49. The summed E-state index contributed by atoms with van der Waals surface area (Å²) in [5, 5.41) is 12.2. The summed E-state index contributed by atoms with van der Waals surface area (Å²) in [7, 11) is 3.03. The van der Waals surface area contributed by atoms with Crippen LogP contribution in [-0.4, -0.2) is 47.6 Å². The van der Waals surface area contributed by atoms with E-state index in [1.54, 1.807) is 32.0 Å². The van der Waals surface area contributed by atoms with Gasteiger partial charge >= 0.3 is 0 Å². The van der Waals surface area contributed by atoms with Crippen LogP contribution in [0.5, 0.6) is 17.2 Å². The van der Waals surface area contributed by atoms with E-state index in [2.05, 4.69) is 9.97 Å². The van der Waals surface area contributed by atoms with Crippen LogP contribution in [0.15, 0.2) is 47.7 Å². The van der Waals surface area contributed by atoms with Crippen molar-refractivity contribution < 1.29 is 28.9 Å². The molecule has 38 heavy (non-hydrogen) atoms. The number of aliphatic hydroxyl groups excluding tert-OH is 1. The van der Waals surface area contributed by atoms with Gasteiger partial charge in [-0.15, -0.1) is 11.3 Å². The number of Topliss-reactive ketones (excluding diaryl/α,β-unsaturated/α-hetero) is 1. The molecule has 3 heterocycles. The second-order valence-corrected chi connectivity index (χ2v) is 10.7. The maximum absolute atomic E-state index is 13.9. The van der Waals surface area contributed by atoms with E-state index in [4.69, 9.17) is 14.2 Å². The van der Waals surface area contributed by atoms with Crippen LogP contribution in [0.1, 0.15) is 38.9 Å². The predicted octanol–water partition coefficient (Wildman–Crippen LogP) is 5.57. The Labute approximate surface area is 226 Å². The Balaban J connectivity index is 1.70. The Bertz CT molecular complexity index is 1610. The molecule has 1 amide bonds. The van der Waals surface area contributed by atoms with Crippen molar-refractivity contribution in [3.05, 3.63) is 68.9 Å². The Hall–Kier alpha value is -3.96. The molecule has 0 saturated heterocycles. The standard InChI is InChI=1S/C27H25N3O6S2/c1-6-36-16-8-10-18-20(12-16)38-27(29-18)30-22(17-9-7-15(34-4)11-19(17)35-5)21(24(32)26(30)33)23(31)25-13(2)28-14(3)37-25/h7-12,22,32H,6H2,1-5H3. The highest BCUT2D eigenvalue weighted by Gasteiger charge is 2.47. The fourth-order valence-corrected chi connectivity index (χ4v) is 6.38. The smallest absolute Gasteiger partial charge is 0.296 e. The highest BCUT2D eigenvalue weighted by atomic mass is 32.1. The number of carbonyl (C=O) groups is 2. The fourth-order valence-electron chi connectivity index (χ4n) is 4.49. The number of rotatable bonds is 8. The molecule has 0 radical (unpaired) electrons. The van der Waals surface area contributed by atoms with E-state index in [9.17, 15) is 14.7 Å². The minimum Gasteiger partial charge on any atom is -0.503 e.